The summed E-state index contributed by atoms with van der Waals surface area (Å²) < 4.78 is 6.14. The van der Waals surface area contributed by atoms with E-state index in [4.69, 9.17) is 15.6 Å². The van der Waals surface area contributed by atoms with Gasteiger partial charge in [-0.05, 0) is 24.6 Å². The fourth-order valence-electron chi connectivity index (χ4n) is 1.25. The minimum Gasteiger partial charge on any atom is -0.397 e. The quantitative estimate of drug-likeness (QED) is 0.529. The molecule has 1 rings (SSSR count). The lowest BCUT2D eigenvalue weighted by Crippen LogP contribution is -2.08. The van der Waals surface area contributed by atoms with Crippen LogP contribution in [0.3, 0.4) is 0 Å². The topological polar surface area (TPSA) is 67.5 Å². The number of nitrogens with one attached hydrogen (secondary N) is 1. The van der Waals surface area contributed by atoms with Crippen LogP contribution in [0.2, 0.25) is 0 Å². The summed E-state index contributed by atoms with van der Waals surface area (Å²) in [5, 5.41) is 11.7. The zero-order valence-corrected chi connectivity index (χ0v) is 10.7. The van der Waals surface area contributed by atoms with Gasteiger partial charge in [0.1, 0.15) is 0 Å². The van der Waals surface area contributed by atoms with Crippen LogP contribution in [0.1, 0.15) is 6.42 Å². The van der Waals surface area contributed by atoms with Crippen LogP contribution < -0.4 is 11.1 Å². The van der Waals surface area contributed by atoms with E-state index in [1.165, 1.54) is 0 Å². The molecule has 0 fully saturated rings. The van der Waals surface area contributed by atoms with E-state index < -0.39 is 0 Å². The SMILES string of the molecule is Nc1ccc(Br)cc1NCCCOCCO. The van der Waals surface area contributed by atoms with E-state index in [-0.39, 0.29) is 6.61 Å². The summed E-state index contributed by atoms with van der Waals surface area (Å²) in [5.74, 6) is 0. The molecule has 0 saturated carbocycles. The van der Waals surface area contributed by atoms with Crippen molar-refractivity contribution < 1.29 is 9.84 Å². The van der Waals surface area contributed by atoms with Crippen molar-refractivity contribution in [3.05, 3.63) is 22.7 Å². The molecule has 0 heterocycles. The first-order chi connectivity index (χ1) is 7.74. The molecule has 0 spiro atoms. The summed E-state index contributed by atoms with van der Waals surface area (Å²) in [4.78, 5) is 0. The normalized spacial score (nSPS) is 10.4. The number of halogens is 1. The molecule has 0 bridgehead atoms. The van der Waals surface area contributed by atoms with Crippen molar-refractivity contribution in [2.75, 3.05) is 37.4 Å². The molecule has 0 atom stereocenters. The lowest BCUT2D eigenvalue weighted by atomic mass is 10.2. The number of benzene rings is 1. The van der Waals surface area contributed by atoms with Gasteiger partial charge < -0.3 is 20.9 Å². The number of hydrogen-bond donors (Lipinski definition) is 3. The van der Waals surface area contributed by atoms with Crippen molar-refractivity contribution in [1.29, 1.82) is 0 Å². The summed E-state index contributed by atoms with van der Waals surface area (Å²) in [6.07, 6.45) is 0.881. The zero-order valence-electron chi connectivity index (χ0n) is 9.08. The summed E-state index contributed by atoms with van der Waals surface area (Å²) in [6.45, 7) is 1.92. The van der Waals surface area contributed by atoms with Gasteiger partial charge in [0.25, 0.3) is 0 Å². The lowest BCUT2D eigenvalue weighted by Gasteiger charge is -2.09. The number of nitrogens with two attached hydrogens (primary N) is 1. The van der Waals surface area contributed by atoms with Crippen molar-refractivity contribution in [3.8, 4) is 0 Å². The molecule has 0 radical (unpaired) electrons. The molecule has 0 amide bonds. The molecule has 0 aliphatic rings. The van der Waals surface area contributed by atoms with Crippen LogP contribution in [0.4, 0.5) is 11.4 Å². The molecule has 1 aromatic carbocycles. The monoisotopic (exact) mass is 288 g/mol. The number of rotatable bonds is 7. The van der Waals surface area contributed by atoms with E-state index in [9.17, 15) is 0 Å². The first kappa shape index (κ1) is 13.3. The molecular formula is C11H17BrN2O2. The Hall–Kier alpha value is -0.780. The highest BCUT2D eigenvalue weighted by molar-refractivity contribution is 9.10. The maximum absolute atomic E-state index is 8.51. The number of hydrogen-bond acceptors (Lipinski definition) is 4. The molecule has 0 aliphatic heterocycles. The van der Waals surface area contributed by atoms with Gasteiger partial charge in [-0.2, -0.15) is 0 Å². The van der Waals surface area contributed by atoms with Crippen LogP contribution in [0.5, 0.6) is 0 Å². The molecule has 0 unspecified atom stereocenters. The number of aliphatic hydroxyl groups excluding tert-OH is 1. The summed E-state index contributed by atoms with van der Waals surface area (Å²) in [5.41, 5.74) is 7.47. The molecule has 4 N–H and O–H groups in total. The van der Waals surface area contributed by atoms with E-state index in [0.717, 1.165) is 28.8 Å². The standard InChI is InChI=1S/C11H17BrN2O2/c12-9-2-3-10(13)11(8-9)14-4-1-6-16-7-5-15/h2-3,8,14-15H,1,4-7,13H2. The molecule has 0 aliphatic carbocycles. The smallest absolute Gasteiger partial charge is 0.0697 e. The predicted molar refractivity (Wildman–Crippen MR) is 69.6 cm³/mol. The van der Waals surface area contributed by atoms with Crippen molar-refractivity contribution in [2.45, 2.75) is 6.42 Å². The summed E-state index contributed by atoms with van der Waals surface area (Å²) in [6, 6.07) is 5.71. The third kappa shape index (κ3) is 4.83. The van der Waals surface area contributed by atoms with Gasteiger partial charge in [-0.15, -0.1) is 0 Å². The minimum absolute atomic E-state index is 0.0754. The molecule has 16 heavy (non-hydrogen) atoms. The van der Waals surface area contributed by atoms with E-state index in [2.05, 4.69) is 21.2 Å². The fraction of sp³-hybridized carbons (Fsp3) is 0.455. The zero-order chi connectivity index (χ0) is 11.8. The Balaban J connectivity index is 2.23. The Labute approximate surface area is 104 Å². The molecule has 90 valence electrons. The molecule has 1 aromatic rings. The maximum Gasteiger partial charge on any atom is 0.0697 e. The lowest BCUT2D eigenvalue weighted by molar-refractivity contribution is 0.0922. The highest BCUT2D eigenvalue weighted by atomic mass is 79.9. The second-order valence-corrected chi connectivity index (χ2v) is 4.26. The molecule has 5 heteroatoms. The van der Waals surface area contributed by atoms with E-state index in [0.29, 0.717) is 13.2 Å². The van der Waals surface area contributed by atoms with Crippen molar-refractivity contribution >= 4 is 27.3 Å². The second kappa shape index (κ2) is 7.49. The minimum atomic E-state index is 0.0754. The Morgan fingerprint density at radius 1 is 1.38 bits per heavy atom. The van der Waals surface area contributed by atoms with Crippen LogP contribution in [-0.4, -0.2) is 31.5 Å². The number of aliphatic hydroxyl groups is 1. The Morgan fingerprint density at radius 3 is 2.94 bits per heavy atom. The number of nitrogen functional groups attached to an aromatic ring is 1. The number of anilines is 2. The van der Waals surface area contributed by atoms with Crippen LogP contribution in [0, 0.1) is 0 Å². The van der Waals surface area contributed by atoms with Crippen LogP contribution in [0.25, 0.3) is 0 Å². The first-order valence-corrected chi connectivity index (χ1v) is 6.01. The third-order valence-corrected chi connectivity index (χ3v) is 2.53. The van der Waals surface area contributed by atoms with Crippen molar-refractivity contribution in [3.63, 3.8) is 0 Å². The van der Waals surface area contributed by atoms with Crippen molar-refractivity contribution in [1.82, 2.24) is 0 Å². The van der Waals surface area contributed by atoms with Crippen molar-refractivity contribution in [2.24, 2.45) is 0 Å². The van der Waals surface area contributed by atoms with Gasteiger partial charge in [0.05, 0.1) is 24.6 Å². The number of ether oxygens (including phenoxy) is 1. The molecule has 0 aromatic heterocycles. The average molecular weight is 289 g/mol. The van der Waals surface area contributed by atoms with Crippen LogP contribution in [-0.2, 0) is 4.74 Å². The van der Waals surface area contributed by atoms with Crippen LogP contribution >= 0.6 is 15.9 Å². The van der Waals surface area contributed by atoms with Crippen LogP contribution in [0.15, 0.2) is 22.7 Å². The molecular weight excluding hydrogens is 272 g/mol. The third-order valence-electron chi connectivity index (χ3n) is 2.03. The highest BCUT2D eigenvalue weighted by Gasteiger charge is 1.98. The fourth-order valence-corrected chi connectivity index (χ4v) is 1.61. The van der Waals surface area contributed by atoms with Gasteiger partial charge in [0.2, 0.25) is 0 Å². The molecule has 0 saturated heterocycles. The van der Waals surface area contributed by atoms with E-state index >= 15 is 0 Å². The maximum atomic E-state index is 8.51. The van der Waals surface area contributed by atoms with Gasteiger partial charge in [-0.25, -0.2) is 0 Å². The largest absolute Gasteiger partial charge is 0.397 e. The van der Waals surface area contributed by atoms with E-state index in [1.54, 1.807) is 0 Å². The van der Waals surface area contributed by atoms with Gasteiger partial charge in [0, 0.05) is 17.6 Å². The molecule has 4 nitrogen and oxygen atoms in total. The Kier molecular flexibility index (Phi) is 6.22. The van der Waals surface area contributed by atoms with Gasteiger partial charge >= 0.3 is 0 Å². The van der Waals surface area contributed by atoms with Gasteiger partial charge in [0.15, 0.2) is 0 Å². The van der Waals surface area contributed by atoms with Gasteiger partial charge in [-0.3, -0.25) is 0 Å². The summed E-state index contributed by atoms with van der Waals surface area (Å²) in [7, 11) is 0. The van der Waals surface area contributed by atoms with Gasteiger partial charge in [-0.1, -0.05) is 15.9 Å². The Bertz CT molecular complexity index is 321. The average Bonchev–Trinajstić information content (AvgIpc) is 2.28. The van der Waals surface area contributed by atoms with E-state index in [1.807, 2.05) is 18.2 Å². The second-order valence-electron chi connectivity index (χ2n) is 3.35. The highest BCUT2D eigenvalue weighted by Crippen LogP contribution is 2.22. The summed E-state index contributed by atoms with van der Waals surface area (Å²) >= 11 is 3.39. The predicted octanol–water partition coefficient (Wildman–Crippen LogP) is 1.84. The Morgan fingerprint density at radius 2 is 2.19 bits per heavy atom. The first-order valence-electron chi connectivity index (χ1n) is 5.21.